The average molecular weight is 263 g/mol. The molecule has 0 atom stereocenters. The summed E-state index contributed by atoms with van der Waals surface area (Å²) in [4.78, 5) is 36.8. The number of ketones is 1. The quantitative estimate of drug-likeness (QED) is 0.775. The number of thioether (sulfide) groups is 1. The van der Waals surface area contributed by atoms with Gasteiger partial charge in [-0.15, -0.1) is 11.8 Å². The molecule has 5 heteroatoms. The topological polar surface area (TPSA) is 54.5 Å². The largest absolute Gasteiger partial charge is 0.298 e. The van der Waals surface area contributed by atoms with E-state index >= 15 is 0 Å². The molecule has 1 aromatic carbocycles. The molecule has 1 aliphatic rings. The first-order chi connectivity index (χ1) is 8.50. The molecular weight excluding hydrogens is 250 g/mol. The molecule has 1 aromatic rings. The Hall–Kier alpha value is -1.62. The van der Waals surface area contributed by atoms with Gasteiger partial charge in [0.2, 0.25) is 11.8 Å². The van der Waals surface area contributed by atoms with Crippen molar-refractivity contribution in [2.24, 2.45) is 0 Å². The van der Waals surface area contributed by atoms with Crippen molar-refractivity contribution < 1.29 is 14.4 Å². The minimum atomic E-state index is -0.334. The van der Waals surface area contributed by atoms with E-state index < -0.39 is 0 Å². The summed E-state index contributed by atoms with van der Waals surface area (Å²) in [5.74, 6) is -0.0961. The molecule has 0 saturated heterocycles. The Balaban J connectivity index is 2.54. The number of Topliss-reactive ketones (excluding diaryl/α,β-unsaturated/α-hetero) is 1. The van der Waals surface area contributed by atoms with E-state index in [0.29, 0.717) is 11.4 Å². The van der Waals surface area contributed by atoms with Gasteiger partial charge in [0.25, 0.3) is 0 Å². The van der Waals surface area contributed by atoms with Crippen LogP contribution in [0.15, 0.2) is 23.1 Å². The van der Waals surface area contributed by atoms with Crippen LogP contribution in [0, 0.1) is 0 Å². The number of hydrogen-bond donors (Lipinski definition) is 0. The van der Waals surface area contributed by atoms with Crippen LogP contribution in [0.5, 0.6) is 0 Å². The molecule has 94 valence electrons. The zero-order valence-electron chi connectivity index (χ0n) is 10.2. The monoisotopic (exact) mass is 263 g/mol. The van der Waals surface area contributed by atoms with E-state index in [1.807, 2.05) is 6.07 Å². The first kappa shape index (κ1) is 12.8. The number of hydrogen-bond acceptors (Lipinski definition) is 4. The van der Waals surface area contributed by atoms with Gasteiger partial charge in [-0.05, 0) is 17.7 Å². The summed E-state index contributed by atoms with van der Waals surface area (Å²) in [6, 6.07) is 5.42. The number of nitrogens with zero attached hydrogens (tertiary/aromatic N) is 1. The van der Waals surface area contributed by atoms with Gasteiger partial charge in [-0.25, -0.2) is 0 Å². The fourth-order valence-electron chi connectivity index (χ4n) is 2.04. The maximum atomic E-state index is 11.6. The summed E-state index contributed by atoms with van der Waals surface area (Å²) < 4.78 is 0. The highest BCUT2D eigenvalue weighted by Gasteiger charge is 2.25. The van der Waals surface area contributed by atoms with Crippen LogP contribution in [0.25, 0.3) is 0 Å². The normalized spacial score (nSPS) is 14.0. The average Bonchev–Trinajstić information content (AvgIpc) is 2.29. The highest BCUT2D eigenvalue weighted by atomic mass is 32.2. The van der Waals surface area contributed by atoms with Crippen molar-refractivity contribution in [3.8, 4) is 0 Å². The van der Waals surface area contributed by atoms with Gasteiger partial charge in [-0.2, -0.15) is 0 Å². The van der Waals surface area contributed by atoms with E-state index in [2.05, 4.69) is 0 Å². The van der Waals surface area contributed by atoms with Gasteiger partial charge in [0.05, 0.1) is 11.4 Å². The first-order valence-corrected chi connectivity index (χ1v) is 6.57. The third-order valence-electron chi connectivity index (χ3n) is 2.74. The van der Waals surface area contributed by atoms with Gasteiger partial charge in [0, 0.05) is 25.2 Å². The molecule has 0 saturated carbocycles. The lowest BCUT2D eigenvalue weighted by Crippen LogP contribution is -2.34. The third kappa shape index (κ3) is 2.31. The maximum absolute atomic E-state index is 11.6. The Morgan fingerprint density at radius 1 is 1.22 bits per heavy atom. The molecule has 0 N–H and O–H groups in total. The molecule has 18 heavy (non-hydrogen) atoms. The molecule has 0 aromatic heterocycles. The van der Waals surface area contributed by atoms with E-state index in [1.165, 1.54) is 25.6 Å². The maximum Gasteiger partial charge on any atom is 0.230 e. The standard InChI is InChI=1S/C13H13NO3S/c1-8(15)14(9(2)16)12-4-3-5-13-11(12)6-10(17)7-18-13/h3-5H,6-7H2,1-2H3. The van der Waals surface area contributed by atoms with Gasteiger partial charge in [-0.3, -0.25) is 19.3 Å². The van der Waals surface area contributed by atoms with Crippen molar-refractivity contribution in [1.29, 1.82) is 0 Å². The number of anilines is 1. The molecule has 2 amide bonds. The molecule has 0 fully saturated rings. The van der Waals surface area contributed by atoms with Gasteiger partial charge >= 0.3 is 0 Å². The van der Waals surface area contributed by atoms with Crippen LogP contribution in [0.4, 0.5) is 5.69 Å². The van der Waals surface area contributed by atoms with Gasteiger partial charge in [0.1, 0.15) is 5.78 Å². The molecule has 1 heterocycles. The van der Waals surface area contributed by atoms with Crippen molar-refractivity contribution >= 4 is 35.0 Å². The summed E-state index contributed by atoms with van der Waals surface area (Å²) in [5.41, 5.74) is 1.32. The van der Waals surface area contributed by atoms with Crippen LogP contribution in [-0.4, -0.2) is 23.4 Å². The Labute approximate surface area is 109 Å². The van der Waals surface area contributed by atoms with Crippen LogP contribution in [-0.2, 0) is 20.8 Å². The van der Waals surface area contributed by atoms with Gasteiger partial charge in [-0.1, -0.05) is 6.07 Å². The zero-order chi connectivity index (χ0) is 13.3. The van der Waals surface area contributed by atoms with Crippen molar-refractivity contribution in [2.45, 2.75) is 25.2 Å². The summed E-state index contributed by atoms with van der Waals surface area (Å²) in [5, 5.41) is 0. The molecule has 0 aliphatic carbocycles. The predicted octanol–water partition coefficient (Wildman–Crippen LogP) is 1.80. The molecular formula is C13H13NO3S. The van der Waals surface area contributed by atoms with Crippen molar-refractivity contribution in [3.05, 3.63) is 23.8 Å². The fraction of sp³-hybridized carbons (Fsp3) is 0.308. The highest BCUT2D eigenvalue weighted by Crippen LogP contribution is 2.35. The number of fused-ring (bicyclic) bond motifs is 1. The first-order valence-electron chi connectivity index (χ1n) is 5.58. The molecule has 0 spiro atoms. The number of carbonyl (C=O) groups is 3. The Morgan fingerprint density at radius 3 is 2.50 bits per heavy atom. The van der Waals surface area contributed by atoms with E-state index in [4.69, 9.17) is 0 Å². The van der Waals surface area contributed by atoms with Gasteiger partial charge < -0.3 is 0 Å². The van der Waals surface area contributed by atoms with Crippen LogP contribution < -0.4 is 4.90 Å². The molecule has 0 radical (unpaired) electrons. The molecule has 0 bridgehead atoms. The van der Waals surface area contributed by atoms with E-state index in [-0.39, 0.29) is 24.0 Å². The van der Waals surface area contributed by atoms with Crippen molar-refractivity contribution in [1.82, 2.24) is 0 Å². The second kappa shape index (κ2) is 4.94. The van der Waals surface area contributed by atoms with E-state index in [0.717, 1.165) is 15.4 Å². The Kier molecular flexibility index (Phi) is 3.52. The lowest BCUT2D eigenvalue weighted by molar-refractivity contribution is -0.124. The smallest absolute Gasteiger partial charge is 0.230 e. The Morgan fingerprint density at radius 2 is 1.89 bits per heavy atom. The SMILES string of the molecule is CC(=O)N(C(C)=O)c1cccc2c1CC(=O)CS2. The van der Waals surface area contributed by atoms with Crippen molar-refractivity contribution in [2.75, 3.05) is 10.7 Å². The summed E-state index contributed by atoms with van der Waals surface area (Å²) >= 11 is 1.45. The van der Waals surface area contributed by atoms with E-state index in [9.17, 15) is 14.4 Å². The van der Waals surface area contributed by atoms with Gasteiger partial charge in [0.15, 0.2) is 0 Å². The lowest BCUT2D eigenvalue weighted by Gasteiger charge is -2.24. The number of benzene rings is 1. The zero-order valence-corrected chi connectivity index (χ0v) is 11.0. The second-order valence-electron chi connectivity index (χ2n) is 4.13. The number of carbonyl (C=O) groups excluding carboxylic acids is 3. The van der Waals surface area contributed by atoms with Crippen LogP contribution in [0.3, 0.4) is 0 Å². The van der Waals surface area contributed by atoms with Crippen LogP contribution in [0.1, 0.15) is 19.4 Å². The predicted molar refractivity (Wildman–Crippen MR) is 69.7 cm³/mol. The summed E-state index contributed by atoms with van der Waals surface area (Å²) in [7, 11) is 0. The summed E-state index contributed by atoms with van der Waals surface area (Å²) in [6.45, 7) is 2.69. The van der Waals surface area contributed by atoms with Crippen molar-refractivity contribution in [3.63, 3.8) is 0 Å². The minimum Gasteiger partial charge on any atom is -0.298 e. The van der Waals surface area contributed by atoms with Crippen LogP contribution >= 0.6 is 11.8 Å². The number of rotatable bonds is 1. The van der Waals surface area contributed by atoms with E-state index in [1.54, 1.807) is 12.1 Å². The molecule has 4 nitrogen and oxygen atoms in total. The van der Waals surface area contributed by atoms with Crippen LogP contribution in [0.2, 0.25) is 0 Å². The molecule has 2 rings (SSSR count). The highest BCUT2D eigenvalue weighted by molar-refractivity contribution is 8.00. The second-order valence-corrected chi connectivity index (χ2v) is 5.15. The number of amides is 2. The minimum absolute atomic E-state index is 0.118. The summed E-state index contributed by atoms with van der Waals surface area (Å²) in [6.07, 6.45) is 0.287. The fourth-order valence-corrected chi connectivity index (χ4v) is 2.99. The third-order valence-corrected chi connectivity index (χ3v) is 3.90. The Bertz CT molecular complexity index is 525. The molecule has 0 unspecified atom stereocenters. The molecule has 1 aliphatic heterocycles. The number of imide groups is 1. The lowest BCUT2D eigenvalue weighted by atomic mass is 10.1.